The summed E-state index contributed by atoms with van der Waals surface area (Å²) in [6.45, 7) is 1.76. The molecule has 0 spiro atoms. The van der Waals surface area contributed by atoms with Crippen molar-refractivity contribution in [2.24, 2.45) is 0 Å². The molecule has 1 aliphatic rings. The van der Waals surface area contributed by atoms with Gasteiger partial charge in [0.2, 0.25) is 5.82 Å². The number of ether oxygens (including phenoxy) is 2. The summed E-state index contributed by atoms with van der Waals surface area (Å²) in [5.41, 5.74) is 0.754. The van der Waals surface area contributed by atoms with E-state index < -0.39 is 11.2 Å². The number of halogens is 1. The molecule has 4 heteroatoms. The molecule has 0 unspecified atom stereocenters. The Morgan fingerprint density at radius 1 is 1.29 bits per heavy atom. The molecule has 3 nitrogen and oxygen atoms in total. The molecule has 0 radical (unpaired) electrons. The van der Waals surface area contributed by atoms with Gasteiger partial charge in [-0.1, -0.05) is 0 Å². The smallest absolute Gasteiger partial charge is 0.207 e. The molecule has 0 N–H and O–H groups in total. The van der Waals surface area contributed by atoms with Crippen molar-refractivity contribution in [2.45, 2.75) is 25.2 Å². The Balaban J connectivity index is 2.66. The summed E-state index contributed by atoms with van der Waals surface area (Å²) in [6.07, 6.45) is 1.51. The highest BCUT2D eigenvalue weighted by Crippen LogP contribution is 2.52. The van der Waals surface area contributed by atoms with Gasteiger partial charge in [0.05, 0.1) is 25.7 Å². The predicted octanol–water partition coefficient (Wildman–Crippen LogP) is 2.71. The summed E-state index contributed by atoms with van der Waals surface area (Å²) >= 11 is 0. The summed E-state index contributed by atoms with van der Waals surface area (Å²) in [4.78, 5) is 0. The number of nitrogens with zero attached hydrogens (tertiary/aromatic N) is 1. The van der Waals surface area contributed by atoms with Gasteiger partial charge in [0, 0.05) is 5.56 Å². The van der Waals surface area contributed by atoms with Crippen LogP contribution in [0.2, 0.25) is 0 Å². The molecule has 1 fully saturated rings. The maximum absolute atomic E-state index is 14.1. The van der Waals surface area contributed by atoms with Crippen LogP contribution in [0.5, 0.6) is 11.5 Å². The van der Waals surface area contributed by atoms with Crippen molar-refractivity contribution >= 4 is 0 Å². The molecule has 90 valence electrons. The van der Waals surface area contributed by atoms with Crippen LogP contribution in [-0.2, 0) is 5.41 Å². The van der Waals surface area contributed by atoms with Gasteiger partial charge in [-0.15, -0.1) is 0 Å². The summed E-state index contributed by atoms with van der Waals surface area (Å²) in [5, 5.41) is 9.18. The largest absolute Gasteiger partial charge is 0.493 e. The molecule has 1 saturated carbocycles. The van der Waals surface area contributed by atoms with Gasteiger partial charge in [-0.05, 0) is 31.4 Å². The van der Waals surface area contributed by atoms with Crippen LogP contribution in [0.3, 0.4) is 0 Å². The Bertz CT molecular complexity index is 501. The molecule has 1 aromatic rings. The Morgan fingerprint density at radius 3 is 2.29 bits per heavy atom. The van der Waals surface area contributed by atoms with Crippen molar-refractivity contribution in [3.05, 3.63) is 23.0 Å². The Kier molecular flexibility index (Phi) is 2.70. The van der Waals surface area contributed by atoms with Crippen molar-refractivity contribution in [1.82, 2.24) is 0 Å². The molecule has 0 heterocycles. The van der Waals surface area contributed by atoms with Crippen molar-refractivity contribution < 1.29 is 13.9 Å². The molecule has 1 aliphatic carbocycles. The lowest BCUT2D eigenvalue weighted by atomic mass is 9.94. The average Bonchev–Trinajstić information content (AvgIpc) is 3.10. The zero-order chi connectivity index (χ0) is 12.6. The highest BCUT2D eigenvalue weighted by molar-refractivity contribution is 5.55. The number of methoxy groups -OCH3 is 2. The van der Waals surface area contributed by atoms with Gasteiger partial charge < -0.3 is 9.47 Å². The number of nitriles is 1. The van der Waals surface area contributed by atoms with E-state index in [-0.39, 0.29) is 11.5 Å². The second-order valence-electron chi connectivity index (χ2n) is 4.32. The van der Waals surface area contributed by atoms with Crippen LogP contribution in [0.4, 0.5) is 4.39 Å². The van der Waals surface area contributed by atoms with Gasteiger partial charge >= 0.3 is 0 Å². The first-order chi connectivity index (χ1) is 8.09. The van der Waals surface area contributed by atoms with E-state index in [1.165, 1.54) is 14.2 Å². The minimum atomic E-state index is -0.566. The highest BCUT2D eigenvalue weighted by atomic mass is 19.1. The lowest BCUT2D eigenvalue weighted by Gasteiger charge is -2.17. The molecule has 0 atom stereocenters. The normalized spacial score (nSPS) is 16.2. The van der Waals surface area contributed by atoms with E-state index in [1.807, 2.05) is 0 Å². The van der Waals surface area contributed by atoms with Gasteiger partial charge in [0.15, 0.2) is 11.5 Å². The van der Waals surface area contributed by atoms with Gasteiger partial charge in [0.1, 0.15) is 0 Å². The zero-order valence-electron chi connectivity index (χ0n) is 10.1. The number of benzene rings is 1. The minimum Gasteiger partial charge on any atom is -0.493 e. The van der Waals surface area contributed by atoms with Crippen LogP contribution < -0.4 is 9.47 Å². The van der Waals surface area contributed by atoms with Gasteiger partial charge in [-0.3, -0.25) is 0 Å². The van der Waals surface area contributed by atoms with Crippen molar-refractivity contribution in [3.63, 3.8) is 0 Å². The van der Waals surface area contributed by atoms with E-state index in [0.29, 0.717) is 11.1 Å². The van der Waals surface area contributed by atoms with E-state index >= 15 is 0 Å². The number of hydrogen-bond donors (Lipinski definition) is 0. The summed E-state index contributed by atoms with van der Waals surface area (Å²) in [7, 11) is 2.83. The van der Waals surface area contributed by atoms with Gasteiger partial charge in [-0.25, -0.2) is 0 Å². The fourth-order valence-corrected chi connectivity index (χ4v) is 2.11. The second-order valence-corrected chi connectivity index (χ2v) is 4.32. The Labute approximate surface area is 99.8 Å². The molecule has 1 aromatic carbocycles. The molecule has 0 saturated heterocycles. The van der Waals surface area contributed by atoms with Crippen LogP contribution >= 0.6 is 0 Å². The quantitative estimate of drug-likeness (QED) is 0.808. The average molecular weight is 235 g/mol. The van der Waals surface area contributed by atoms with Crippen LogP contribution in [0.15, 0.2) is 6.07 Å². The zero-order valence-corrected chi connectivity index (χ0v) is 10.1. The van der Waals surface area contributed by atoms with E-state index in [2.05, 4.69) is 6.07 Å². The predicted molar refractivity (Wildman–Crippen MR) is 60.8 cm³/mol. The first kappa shape index (κ1) is 11.7. The van der Waals surface area contributed by atoms with Crippen LogP contribution in [0.1, 0.15) is 24.0 Å². The number of hydrogen-bond acceptors (Lipinski definition) is 3. The summed E-state index contributed by atoms with van der Waals surface area (Å²) in [6, 6.07) is 4.04. The van der Waals surface area contributed by atoms with Gasteiger partial charge in [-0.2, -0.15) is 9.65 Å². The van der Waals surface area contributed by atoms with Gasteiger partial charge in [0.25, 0.3) is 0 Å². The first-order valence-corrected chi connectivity index (χ1v) is 5.42. The van der Waals surface area contributed by atoms with E-state index in [0.717, 1.165) is 12.8 Å². The molecular weight excluding hydrogens is 221 g/mol. The second kappa shape index (κ2) is 3.92. The number of rotatable bonds is 3. The molecule has 17 heavy (non-hydrogen) atoms. The van der Waals surface area contributed by atoms with Crippen molar-refractivity contribution in [2.75, 3.05) is 14.2 Å². The van der Waals surface area contributed by atoms with E-state index in [1.54, 1.807) is 13.0 Å². The third kappa shape index (κ3) is 1.62. The Morgan fingerprint density at radius 2 is 1.88 bits per heavy atom. The first-order valence-electron chi connectivity index (χ1n) is 5.42. The molecular formula is C13H14FNO2. The van der Waals surface area contributed by atoms with Crippen LogP contribution in [-0.4, -0.2) is 14.2 Å². The standard InChI is InChI=1S/C13H14FNO2/c1-8-6-9(13(7-15)4-5-13)12(17-3)10(14)11(8)16-2/h6H,4-5H2,1-3H3. The number of aryl methyl sites for hydroxylation is 1. The summed E-state index contributed by atoms with van der Waals surface area (Å²) < 4.78 is 24.2. The van der Waals surface area contributed by atoms with Crippen molar-refractivity contribution in [1.29, 1.82) is 5.26 Å². The lowest BCUT2D eigenvalue weighted by molar-refractivity contribution is 0.344. The topological polar surface area (TPSA) is 42.2 Å². The van der Waals surface area contributed by atoms with Crippen molar-refractivity contribution in [3.8, 4) is 17.6 Å². The lowest BCUT2D eigenvalue weighted by Crippen LogP contribution is -2.09. The third-order valence-corrected chi connectivity index (χ3v) is 3.25. The molecule has 0 amide bonds. The third-order valence-electron chi connectivity index (χ3n) is 3.25. The SMILES string of the molecule is COc1c(C)cc(C2(C#N)CC2)c(OC)c1F. The van der Waals surface area contributed by atoms with E-state index in [9.17, 15) is 9.65 Å². The van der Waals surface area contributed by atoms with E-state index in [4.69, 9.17) is 9.47 Å². The summed E-state index contributed by atoms with van der Waals surface area (Å²) in [5.74, 6) is -0.211. The molecule has 0 aromatic heterocycles. The maximum Gasteiger partial charge on any atom is 0.207 e. The van der Waals surface area contributed by atoms with Crippen LogP contribution in [0.25, 0.3) is 0 Å². The van der Waals surface area contributed by atoms with Crippen LogP contribution in [0, 0.1) is 24.1 Å². The maximum atomic E-state index is 14.1. The minimum absolute atomic E-state index is 0.131. The fraction of sp³-hybridized carbons (Fsp3) is 0.462. The Hall–Kier alpha value is -1.76. The molecule has 0 bridgehead atoms. The molecule has 2 rings (SSSR count). The highest BCUT2D eigenvalue weighted by Gasteiger charge is 2.48. The fourth-order valence-electron chi connectivity index (χ4n) is 2.11. The molecule has 0 aliphatic heterocycles. The monoisotopic (exact) mass is 235 g/mol.